The molecule has 0 unspecified atom stereocenters. The fraction of sp³-hybridized carbons (Fsp3) is 0.452. The van der Waals surface area contributed by atoms with E-state index in [9.17, 15) is 13.6 Å². The average Bonchev–Trinajstić information content (AvgIpc) is 3.32. The summed E-state index contributed by atoms with van der Waals surface area (Å²) in [4.78, 5) is 11.0. The minimum absolute atomic E-state index is 0.0368. The number of carbonyl (C=O) groups excluding carboxylic acids is 1. The molecule has 200 valence electrons. The Morgan fingerprint density at radius 3 is 2.51 bits per heavy atom. The zero-order chi connectivity index (χ0) is 26.7. The van der Waals surface area contributed by atoms with Crippen LogP contribution in [0.3, 0.4) is 0 Å². The van der Waals surface area contributed by atoms with Crippen LogP contribution in [0.4, 0.5) is 8.78 Å². The molecular weight excluding hydrogens is 474 g/mol. The van der Waals surface area contributed by atoms with Crippen LogP contribution in [0.2, 0.25) is 0 Å². The molecular formula is C31H38F2O4. The van der Waals surface area contributed by atoms with Crippen molar-refractivity contribution in [3.05, 3.63) is 66.2 Å². The normalized spacial score (nSPS) is 11.6. The first kappa shape index (κ1) is 28.4. The first-order chi connectivity index (χ1) is 17.8. The molecule has 0 aliphatic heterocycles. The van der Waals surface area contributed by atoms with Gasteiger partial charge in [0.2, 0.25) is 5.92 Å². The van der Waals surface area contributed by atoms with Crippen LogP contribution >= 0.6 is 0 Å². The van der Waals surface area contributed by atoms with E-state index in [0.717, 1.165) is 35.6 Å². The third-order valence-corrected chi connectivity index (χ3v) is 6.43. The molecule has 37 heavy (non-hydrogen) atoms. The molecule has 0 amide bonds. The SMILES string of the molecule is C=CC(=O)OCCCC(F)(F)CCCOc1ccc2cc(-c3ccc(CCCCC)cc3CC)oc2c1. The number of aryl methyl sites for hydroxylation is 2. The van der Waals surface area contributed by atoms with E-state index in [2.05, 4.69) is 38.6 Å². The number of rotatable bonds is 16. The molecule has 0 fully saturated rings. The number of ether oxygens (including phenoxy) is 2. The number of alkyl halides is 2. The molecule has 0 atom stereocenters. The van der Waals surface area contributed by atoms with Gasteiger partial charge in [0, 0.05) is 35.9 Å². The van der Waals surface area contributed by atoms with Gasteiger partial charge in [-0.3, -0.25) is 0 Å². The lowest BCUT2D eigenvalue weighted by Crippen LogP contribution is -2.18. The number of fused-ring (bicyclic) bond motifs is 1. The van der Waals surface area contributed by atoms with Gasteiger partial charge in [0.05, 0.1) is 13.2 Å². The minimum atomic E-state index is -2.83. The van der Waals surface area contributed by atoms with E-state index in [-0.39, 0.29) is 38.9 Å². The summed E-state index contributed by atoms with van der Waals surface area (Å²) in [5.74, 6) is -2.01. The van der Waals surface area contributed by atoms with Gasteiger partial charge in [-0.05, 0) is 61.4 Å². The quantitative estimate of drug-likeness (QED) is 0.109. The Labute approximate surface area is 218 Å². The Kier molecular flexibility index (Phi) is 10.7. The lowest BCUT2D eigenvalue weighted by atomic mass is 9.97. The van der Waals surface area contributed by atoms with Crippen LogP contribution < -0.4 is 4.74 Å². The van der Waals surface area contributed by atoms with Gasteiger partial charge in [-0.2, -0.15) is 0 Å². The molecule has 0 saturated carbocycles. The molecule has 2 aromatic carbocycles. The smallest absolute Gasteiger partial charge is 0.330 e. The molecule has 0 N–H and O–H groups in total. The van der Waals surface area contributed by atoms with Crippen molar-refractivity contribution in [1.82, 2.24) is 0 Å². The highest BCUT2D eigenvalue weighted by Crippen LogP contribution is 2.33. The Balaban J connectivity index is 1.54. The summed E-state index contributed by atoms with van der Waals surface area (Å²) in [6.07, 6.45) is 6.40. The van der Waals surface area contributed by atoms with Crippen LogP contribution in [0, 0.1) is 0 Å². The molecule has 6 heteroatoms. The standard InChI is InChI=1S/C31H38F2O4/c1-4-7-8-11-23-12-15-27(24(5-2)20-23)29-21-25-13-14-26(22-28(25)37-29)35-18-9-16-31(32,33)17-10-19-36-30(34)6-3/h6,12-15,20-22H,3-5,7-11,16-19H2,1-2H3. The Morgan fingerprint density at radius 2 is 1.78 bits per heavy atom. The van der Waals surface area contributed by atoms with Crippen LogP contribution in [0.5, 0.6) is 5.75 Å². The summed E-state index contributed by atoms with van der Waals surface area (Å²) in [5.41, 5.74) is 4.44. The predicted octanol–water partition coefficient (Wildman–Crippen LogP) is 8.70. The monoisotopic (exact) mass is 512 g/mol. The first-order valence-corrected chi connectivity index (χ1v) is 13.3. The predicted molar refractivity (Wildman–Crippen MR) is 144 cm³/mol. The van der Waals surface area contributed by atoms with Gasteiger partial charge in [0.15, 0.2) is 0 Å². The second-order valence-electron chi connectivity index (χ2n) is 9.40. The third-order valence-electron chi connectivity index (χ3n) is 6.43. The van der Waals surface area contributed by atoms with E-state index >= 15 is 0 Å². The Bertz CT molecular complexity index is 1170. The third kappa shape index (κ3) is 8.73. The van der Waals surface area contributed by atoms with Gasteiger partial charge in [0.25, 0.3) is 0 Å². The topological polar surface area (TPSA) is 48.7 Å². The van der Waals surface area contributed by atoms with Crippen molar-refractivity contribution in [3.8, 4) is 17.1 Å². The number of benzene rings is 2. The van der Waals surface area contributed by atoms with Crippen LogP contribution in [-0.4, -0.2) is 25.1 Å². The van der Waals surface area contributed by atoms with Crippen LogP contribution in [0.1, 0.15) is 69.9 Å². The highest BCUT2D eigenvalue weighted by atomic mass is 19.3. The number of carbonyl (C=O) groups is 1. The highest BCUT2D eigenvalue weighted by Gasteiger charge is 2.27. The minimum Gasteiger partial charge on any atom is -0.493 e. The zero-order valence-corrected chi connectivity index (χ0v) is 22.0. The van der Waals surface area contributed by atoms with Crippen LogP contribution in [-0.2, 0) is 22.4 Å². The van der Waals surface area contributed by atoms with Crippen molar-refractivity contribution < 1.29 is 27.5 Å². The molecule has 3 rings (SSSR count). The number of hydrogen-bond donors (Lipinski definition) is 0. The summed E-state index contributed by atoms with van der Waals surface area (Å²) in [5, 5.41) is 0.972. The molecule has 0 saturated heterocycles. The van der Waals surface area contributed by atoms with Gasteiger partial charge in [-0.15, -0.1) is 0 Å². The van der Waals surface area contributed by atoms with E-state index in [1.165, 1.54) is 30.4 Å². The van der Waals surface area contributed by atoms with Crippen LogP contribution in [0.15, 0.2) is 59.5 Å². The summed E-state index contributed by atoms with van der Waals surface area (Å²) in [6, 6.07) is 14.3. The summed E-state index contributed by atoms with van der Waals surface area (Å²) >= 11 is 0. The van der Waals surface area contributed by atoms with Gasteiger partial charge in [-0.25, -0.2) is 13.6 Å². The molecule has 0 radical (unpaired) electrons. The lowest BCUT2D eigenvalue weighted by molar-refractivity contribution is -0.138. The van der Waals surface area contributed by atoms with Crippen molar-refractivity contribution in [2.45, 2.75) is 77.6 Å². The van der Waals surface area contributed by atoms with Crippen LogP contribution in [0.25, 0.3) is 22.3 Å². The maximum absolute atomic E-state index is 14.1. The summed E-state index contributed by atoms with van der Waals surface area (Å²) in [7, 11) is 0. The van der Waals surface area contributed by atoms with Gasteiger partial charge < -0.3 is 13.9 Å². The van der Waals surface area contributed by atoms with E-state index in [1.54, 1.807) is 0 Å². The maximum atomic E-state index is 14.1. The number of halogens is 2. The van der Waals surface area contributed by atoms with Gasteiger partial charge in [0.1, 0.15) is 17.1 Å². The molecule has 4 nitrogen and oxygen atoms in total. The average molecular weight is 513 g/mol. The molecule has 1 heterocycles. The summed E-state index contributed by atoms with van der Waals surface area (Å²) in [6.45, 7) is 7.79. The second-order valence-corrected chi connectivity index (χ2v) is 9.40. The maximum Gasteiger partial charge on any atom is 0.330 e. The number of unbranched alkanes of at least 4 members (excludes halogenated alkanes) is 2. The largest absolute Gasteiger partial charge is 0.493 e. The lowest BCUT2D eigenvalue weighted by Gasteiger charge is -2.16. The fourth-order valence-corrected chi connectivity index (χ4v) is 4.36. The van der Waals surface area contributed by atoms with Gasteiger partial charge >= 0.3 is 5.97 Å². The zero-order valence-electron chi connectivity index (χ0n) is 22.0. The van der Waals surface area contributed by atoms with Crippen molar-refractivity contribution in [1.29, 1.82) is 0 Å². The highest BCUT2D eigenvalue weighted by molar-refractivity contribution is 5.84. The fourth-order valence-electron chi connectivity index (χ4n) is 4.36. The van der Waals surface area contributed by atoms with E-state index < -0.39 is 11.9 Å². The first-order valence-electron chi connectivity index (χ1n) is 13.3. The molecule has 0 aliphatic carbocycles. The van der Waals surface area contributed by atoms with E-state index in [4.69, 9.17) is 13.9 Å². The molecule has 0 spiro atoms. The molecule has 1 aromatic heterocycles. The van der Waals surface area contributed by atoms with E-state index in [1.807, 2.05) is 24.3 Å². The molecule has 3 aromatic rings. The number of furan rings is 1. The number of esters is 1. The van der Waals surface area contributed by atoms with Crippen molar-refractivity contribution in [3.63, 3.8) is 0 Å². The Hall–Kier alpha value is -3.15. The van der Waals surface area contributed by atoms with Crippen molar-refractivity contribution in [2.75, 3.05) is 13.2 Å². The molecule has 0 aliphatic rings. The Morgan fingerprint density at radius 1 is 1.00 bits per heavy atom. The number of hydrogen-bond acceptors (Lipinski definition) is 4. The summed E-state index contributed by atoms with van der Waals surface area (Å²) < 4.78 is 44.8. The van der Waals surface area contributed by atoms with E-state index in [0.29, 0.717) is 11.3 Å². The van der Waals surface area contributed by atoms with Crippen molar-refractivity contribution in [2.24, 2.45) is 0 Å². The second kappa shape index (κ2) is 14.0. The van der Waals surface area contributed by atoms with Gasteiger partial charge in [-0.1, -0.05) is 51.5 Å². The molecule has 0 bridgehead atoms. The van der Waals surface area contributed by atoms with Crippen molar-refractivity contribution >= 4 is 16.9 Å².